The van der Waals surface area contributed by atoms with Gasteiger partial charge < -0.3 is 14.6 Å². The van der Waals surface area contributed by atoms with Crippen LogP contribution in [0.5, 0.6) is 11.5 Å². The number of benzene rings is 3. The van der Waals surface area contributed by atoms with Gasteiger partial charge in [-0.25, -0.2) is 4.98 Å². The van der Waals surface area contributed by atoms with Crippen molar-refractivity contribution in [3.8, 4) is 11.5 Å². The number of ketones is 1. The van der Waals surface area contributed by atoms with Gasteiger partial charge in [-0.05, 0) is 66.6 Å². The highest BCUT2D eigenvalue weighted by Crippen LogP contribution is 2.45. The van der Waals surface area contributed by atoms with E-state index in [2.05, 4.69) is 11.6 Å². The molecular weight excluding hydrogens is 536 g/mol. The van der Waals surface area contributed by atoms with E-state index in [1.165, 1.54) is 16.2 Å². The number of aliphatic hydroxyl groups is 1. The van der Waals surface area contributed by atoms with Crippen molar-refractivity contribution in [1.82, 2.24) is 4.98 Å². The Hall–Kier alpha value is -4.14. The molecule has 9 heteroatoms. The Bertz CT molecular complexity index is 1680. The third-order valence-electron chi connectivity index (χ3n) is 6.72. The normalized spacial score (nSPS) is 19.8. The lowest BCUT2D eigenvalue weighted by molar-refractivity contribution is -0.132. The first-order valence-electron chi connectivity index (χ1n) is 12.3. The molecule has 1 saturated heterocycles. The Kier molecular flexibility index (Phi) is 6.37. The minimum absolute atomic E-state index is 0.0102. The maximum atomic E-state index is 13.5. The van der Waals surface area contributed by atoms with Crippen molar-refractivity contribution in [1.29, 1.82) is 0 Å². The average Bonchev–Trinajstić information content (AvgIpc) is 3.59. The molecule has 3 aromatic carbocycles. The minimum atomic E-state index is -0.905. The van der Waals surface area contributed by atoms with E-state index in [1.807, 2.05) is 13.0 Å². The first-order chi connectivity index (χ1) is 18.8. The smallest absolute Gasteiger partial charge is 0.301 e. The van der Waals surface area contributed by atoms with E-state index in [0.29, 0.717) is 45.6 Å². The fourth-order valence-electron chi connectivity index (χ4n) is 4.96. The van der Waals surface area contributed by atoms with E-state index < -0.39 is 17.7 Å². The van der Waals surface area contributed by atoms with Crippen LogP contribution in [0.2, 0.25) is 5.02 Å². The highest BCUT2D eigenvalue weighted by molar-refractivity contribution is 7.22. The van der Waals surface area contributed by atoms with Gasteiger partial charge in [0.1, 0.15) is 30.0 Å². The number of aliphatic hydroxyl groups excluding tert-OH is 1. The molecule has 0 spiro atoms. The van der Waals surface area contributed by atoms with Gasteiger partial charge in [-0.1, -0.05) is 47.7 Å². The summed E-state index contributed by atoms with van der Waals surface area (Å²) in [6.45, 7) is 5.97. The molecule has 196 valence electrons. The number of amides is 1. The van der Waals surface area contributed by atoms with E-state index in [9.17, 15) is 14.7 Å². The summed E-state index contributed by atoms with van der Waals surface area (Å²) in [6, 6.07) is 16.7. The summed E-state index contributed by atoms with van der Waals surface area (Å²) in [5, 5.41) is 12.4. The van der Waals surface area contributed by atoms with Gasteiger partial charge in [-0.2, -0.15) is 0 Å². The largest absolute Gasteiger partial charge is 0.507 e. The van der Waals surface area contributed by atoms with Gasteiger partial charge in [0.25, 0.3) is 5.78 Å². The molecule has 7 nitrogen and oxygen atoms in total. The molecular formula is C30H23ClN2O5S. The monoisotopic (exact) mass is 558 g/mol. The minimum Gasteiger partial charge on any atom is -0.507 e. The van der Waals surface area contributed by atoms with Gasteiger partial charge in [0, 0.05) is 17.0 Å². The van der Waals surface area contributed by atoms with E-state index in [-0.39, 0.29) is 17.4 Å². The summed E-state index contributed by atoms with van der Waals surface area (Å²) in [6.07, 6.45) is 2.36. The number of thiazole rings is 1. The lowest BCUT2D eigenvalue weighted by Crippen LogP contribution is -2.29. The summed E-state index contributed by atoms with van der Waals surface area (Å²) >= 11 is 7.43. The molecule has 2 aliphatic heterocycles. The number of hydrogen-bond acceptors (Lipinski definition) is 7. The summed E-state index contributed by atoms with van der Waals surface area (Å²) < 4.78 is 12.2. The van der Waals surface area contributed by atoms with Gasteiger partial charge in [-0.15, -0.1) is 0 Å². The predicted octanol–water partition coefficient (Wildman–Crippen LogP) is 6.46. The molecule has 1 N–H and O–H groups in total. The van der Waals surface area contributed by atoms with Crippen molar-refractivity contribution < 1.29 is 24.2 Å². The molecule has 0 bridgehead atoms. The van der Waals surface area contributed by atoms with E-state index in [4.69, 9.17) is 21.1 Å². The van der Waals surface area contributed by atoms with Crippen LogP contribution in [0.4, 0.5) is 5.13 Å². The van der Waals surface area contributed by atoms with Crippen LogP contribution in [0.25, 0.3) is 16.0 Å². The number of rotatable bonds is 6. The summed E-state index contributed by atoms with van der Waals surface area (Å²) in [7, 11) is 0. The lowest BCUT2D eigenvalue weighted by atomic mass is 9.94. The van der Waals surface area contributed by atoms with Crippen LogP contribution in [0.1, 0.15) is 29.7 Å². The van der Waals surface area contributed by atoms with Crippen molar-refractivity contribution in [2.75, 3.05) is 11.5 Å². The number of nitrogens with zero attached hydrogens (tertiary/aromatic N) is 2. The van der Waals surface area contributed by atoms with Crippen molar-refractivity contribution in [2.24, 2.45) is 0 Å². The standard InChI is InChI=1S/C30H23ClN2O5S/c1-3-12-37-21-8-4-17(5-9-21)26-25(27(34)18-6-11-23-19(14-18)13-16(2)38-23)28(35)29(36)33(26)30-32-22-10-7-20(31)15-24(22)39-30/h3-11,14-16,26,34H,1,12-13H2,2H3/b27-25-. The third kappa shape index (κ3) is 4.45. The number of fused-ring (bicyclic) bond motifs is 2. The Labute approximate surface area is 233 Å². The van der Waals surface area contributed by atoms with Crippen LogP contribution in [-0.2, 0) is 16.0 Å². The second kappa shape index (κ2) is 9.87. The quantitative estimate of drug-likeness (QED) is 0.126. The van der Waals surface area contributed by atoms with E-state index in [1.54, 1.807) is 60.7 Å². The third-order valence-corrected chi connectivity index (χ3v) is 7.98. The van der Waals surface area contributed by atoms with Gasteiger partial charge in [0.2, 0.25) is 0 Å². The lowest BCUT2D eigenvalue weighted by Gasteiger charge is -2.23. The summed E-state index contributed by atoms with van der Waals surface area (Å²) in [4.78, 5) is 33.1. The SMILES string of the molecule is C=CCOc1ccc(C2/C(=C(/O)c3ccc4c(c3)CC(C)O4)C(=O)C(=O)N2c2nc3ccc(Cl)cc3s2)cc1. The molecule has 1 amide bonds. The number of Topliss-reactive ketones (excluding diaryl/α,β-unsaturated/α-hetero) is 1. The fourth-order valence-corrected chi connectivity index (χ4v) is 6.23. The molecule has 1 aromatic heterocycles. The number of halogens is 1. The van der Waals surface area contributed by atoms with Crippen molar-refractivity contribution in [3.05, 3.63) is 101 Å². The number of carbonyl (C=O) groups is 2. The van der Waals surface area contributed by atoms with E-state index >= 15 is 0 Å². The van der Waals surface area contributed by atoms with Crippen LogP contribution in [0.3, 0.4) is 0 Å². The van der Waals surface area contributed by atoms with Crippen LogP contribution in [0, 0.1) is 0 Å². The van der Waals surface area contributed by atoms with Crippen LogP contribution >= 0.6 is 22.9 Å². The Morgan fingerprint density at radius 2 is 2.00 bits per heavy atom. The van der Waals surface area contributed by atoms with Crippen molar-refractivity contribution >= 4 is 55.7 Å². The Balaban J connectivity index is 1.50. The molecule has 0 aliphatic carbocycles. The second-order valence-corrected chi connectivity index (χ2v) is 10.8. The van der Waals surface area contributed by atoms with E-state index in [0.717, 1.165) is 16.0 Å². The zero-order chi connectivity index (χ0) is 27.3. The molecule has 2 unspecified atom stereocenters. The maximum Gasteiger partial charge on any atom is 0.301 e. The summed E-state index contributed by atoms with van der Waals surface area (Å²) in [5.74, 6) is -0.444. The van der Waals surface area contributed by atoms with Crippen molar-refractivity contribution in [2.45, 2.75) is 25.5 Å². The number of anilines is 1. The number of carbonyl (C=O) groups excluding carboxylic acids is 2. The Morgan fingerprint density at radius 1 is 1.21 bits per heavy atom. The second-order valence-electron chi connectivity index (χ2n) is 9.40. The zero-order valence-corrected chi connectivity index (χ0v) is 22.5. The molecule has 0 radical (unpaired) electrons. The van der Waals surface area contributed by atoms with Gasteiger partial charge in [-0.3, -0.25) is 14.5 Å². The van der Waals surface area contributed by atoms with Crippen LogP contribution in [-0.4, -0.2) is 34.5 Å². The molecule has 6 rings (SSSR count). The predicted molar refractivity (Wildman–Crippen MR) is 152 cm³/mol. The number of ether oxygens (including phenoxy) is 2. The van der Waals surface area contributed by atoms with Crippen LogP contribution in [0.15, 0.2) is 78.9 Å². The Morgan fingerprint density at radius 3 is 2.77 bits per heavy atom. The zero-order valence-electron chi connectivity index (χ0n) is 20.9. The maximum absolute atomic E-state index is 13.5. The fraction of sp³-hybridized carbons (Fsp3) is 0.167. The highest BCUT2D eigenvalue weighted by atomic mass is 35.5. The first-order valence-corrected chi connectivity index (χ1v) is 13.5. The van der Waals surface area contributed by atoms with Crippen LogP contribution < -0.4 is 14.4 Å². The van der Waals surface area contributed by atoms with Crippen molar-refractivity contribution in [3.63, 3.8) is 0 Å². The van der Waals surface area contributed by atoms with Gasteiger partial charge >= 0.3 is 5.91 Å². The molecule has 2 atom stereocenters. The topological polar surface area (TPSA) is 89.0 Å². The van der Waals surface area contributed by atoms with Gasteiger partial charge in [0.15, 0.2) is 5.13 Å². The molecule has 0 saturated carbocycles. The van der Waals surface area contributed by atoms with Gasteiger partial charge in [0.05, 0.1) is 21.8 Å². The average molecular weight is 559 g/mol. The molecule has 1 fully saturated rings. The number of aromatic nitrogens is 1. The number of hydrogen-bond donors (Lipinski definition) is 1. The molecule has 39 heavy (non-hydrogen) atoms. The first kappa shape index (κ1) is 25.2. The highest BCUT2D eigenvalue weighted by Gasteiger charge is 2.48. The molecule has 2 aliphatic rings. The molecule has 4 aromatic rings. The molecule has 3 heterocycles. The summed E-state index contributed by atoms with van der Waals surface area (Å²) in [5.41, 5.74) is 2.64.